The summed E-state index contributed by atoms with van der Waals surface area (Å²) in [4.78, 5) is 16.3. The lowest BCUT2D eigenvalue weighted by atomic mass is 9.89. The van der Waals surface area contributed by atoms with Crippen molar-refractivity contribution in [1.82, 2.24) is 19.9 Å². The Morgan fingerprint density at radius 3 is 2.50 bits per heavy atom. The van der Waals surface area contributed by atoms with E-state index in [9.17, 15) is 18.0 Å². The minimum Gasteiger partial charge on any atom is -0.368 e. The van der Waals surface area contributed by atoms with Crippen LogP contribution in [0.5, 0.6) is 0 Å². The number of anilines is 1. The lowest BCUT2D eigenvalue weighted by Gasteiger charge is -2.36. The van der Waals surface area contributed by atoms with Crippen LogP contribution in [0.3, 0.4) is 0 Å². The van der Waals surface area contributed by atoms with Crippen molar-refractivity contribution >= 4 is 11.6 Å². The molecule has 4 rings (SSSR count). The van der Waals surface area contributed by atoms with Crippen LogP contribution in [0.4, 0.5) is 18.9 Å². The number of piperazine rings is 1. The highest BCUT2D eigenvalue weighted by molar-refractivity contribution is 5.92. The van der Waals surface area contributed by atoms with Crippen molar-refractivity contribution in [2.75, 3.05) is 31.1 Å². The van der Waals surface area contributed by atoms with Crippen molar-refractivity contribution in [1.29, 1.82) is 0 Å². The summed E-state index contributed by atoms with van der Waals surface area (Å²) in [5.41, 5.74) is 0.196. The molecule has 2 fully saturated rings. The molecular weight excluding hydrogens is 395 g/mol. The van der Waals surface area contributed by atoms with Gasteiger partial charge in [0.05, 0.1) is 11.8 Å². The molecular formula is C21H26F3N5O. The SMILES string of the molecule is O=C(c1cn(CC2CCCCC2)nn1)N1CCN(c2cccc(C(F)(F)F)c2)CC1. The standard InChI is InChI=1S/C21H26F3N5O/c22-21(23,24)17-7-4-8-18(13-17)27-9-11-28(12-10-27)20(30)19-15-29(26-25-19)14-16-5-2-1-3-6-16/h4,7-8,13,15-16H,1-3,5-6,9-12,14H2. The summed E-state index contributed by atoms with van der Waals surface area (Å²) < 4.78 is 40.6. The van der Waals surface area contributed by atoms with Crippen LogP contribution in [-0.2, 0) is 12.7 Å². The maximum atomic E-state index is 13.0. The summed E-state index contributed by atoms with van der Waals surface area (Å²) in [6.07, 6.45) is 3.54. The van der Waals surface area contributed by atoms with E-state index < -0.39 is 11.7 Å². The van der Waals surface area contributed by atoms with E-state index >= 15 is 0 Å². The van der Waals surface area contributed by atoms with Crippen molar-refractivity contribution in [3.63, 3.8) is 0 Å². The van der Waals surface area contributed by atoms with Crippen LogP contribution < -0.4 is 4.90 Å². The number of aromatic nitrogens is 3. The molecule has 30 heavy (non-hydrogen) atoms. The maximum absolute atomic E-state index is 13.0. The molecule has 1 aliphatic carbocycles. The zero-order chi connectivity index (χ0) is 21.1. The average Bonchev–Trinajstić information content (AvgIpc) is 3.22. The number of benzene rings is 1. The molecule has 1 saturated carbocycles. The number of nitrogens with zero attached hydrogens (tertiary/aromatic N) is 5. The third kappa shape index (κ3) is 4.76. The Morgan fingerprint density at radius 2 is 1.80 bits per heavy atom. The van der Waals surface area contributed by atoms with Crippen molar-refractivity contribution in [2.45, 2.75) is 44.8 Å². The first-order chi connectivity index (χ1) is 14.4. The first kappa shape index (κ1) is 20.7. The highest BCUT2D eigenvalue weighted by Gasteiger charge is 2.31. The largest absolute Gasteiger partial charge is 0.416 e. The Balaban J connectivity index is 1.33. The van der Waals surface area contributed by atoms with E-state index in [0.717, 1.165) is 18.7 Å². The molecule has 1 aromatic carbocycles. The fourth-order valence-corrected chi connectivity index (χ4v) is 4.33. The van der Waals surface area contributed by atoms with Gasteiger partial charge in [0.15, 0.2) is 5.69 Å². The van der Waals surface area contributed by atoms with Gasteiger partial charge in [-0.15, -0.1) is 5.10 Å². The molecule has 2 heterocycles. The fourth-order valence-electron chi connectivity index (χ4n) is 4.33. The Hall–Kier alpha value is -2.58. The molecule has 0 N–H and O–H groups in total. The second-order valence-electron chi connectivity index (χ2n) is 8.16. The molecule has 1 aromatic heterocycles. The van der Waals surface area contributed by atoms with E-state index in [1.54, 1.807) is 21.8 Å². The van der Waals surface area contributed by atoms with Gasteiger partial charge >= 0.3 is 6.18 Å². The Kier molecular flexibility index (Phi) is 5.97. The molecule has 2 aromatic rings. The normalized spacial score (nSPS) is 18.6. The minimum absolute atomic E-state index is 0.173. The zero-order valence-corrected chi connectivity index (χ0v) is 16.8. The predicted molar refractivity (Wildman–Crippen MR) is 106 cm³/mol. The van der Waals surface area contributed by atoms with Crippen LogP contribution in [0.25, 0.3) is 0 Å². The van der Waals surface area contributed by atoms with Crippen LogP contribution in [0.2, 0.25) is 0 Å². The zero-order valence-electron chi connectivity index (χ0n) is 16.8. The van der Waals surface area contributed by atoms with Gasteiger partial charge in [-0.2, -0.15) is 13.2 Å². The predicted octanol–water partition coefficient (Wildman–Crippen LogP) is 3.84. The van der Waals surface area contributed by atoms with Crippen LogP contribution in [0, 0.1) is 5.92 Å². The van der Waals surface area contributed by atoms with Gasteiger partial charge in [0.1, 0.15) is 0 Å². The van der Waals surface area contributed by atoms with Gasteiger partial charge in [0.25, 0.3) is 5.91 Å². The third-order valence-electron chi connectivity index (χ3n) is 6.03. The molecule has 162 valence electrons. The molecule has 1 amide bonds. The molecule has 6 nitrogen and oxygen atoms in total. The summed E-state index contributed by atoms with van der Waals surface area (Å²) in [6.45, 7) is 2.62. The quantitative estimate of drug-likeness (QED) is 0.753. The number of hydrogen-bond donors (Lipinski definition) is 0. The molecule has 0 atom stereocenters. The van der Waals surface area contributed by atoms with Crippen LogP contribution in [-0.4, -0.2) is 52.0 Å². The number of carbonyl (C=O) groups excluding carboxylic acids is 1. The van der Waals surface area contributed by atoms with Crippen LogP contribution >= 0.6 is 0 Å². The van der Waals surface area contributed by atoms with E-state index in [1.807, 2.05) is 4.90 Å². The van der Waals surface area contributed by atoms with Crippen molar-refractivity contribution < 1.29 is 18.0 Å². The summed E-state index contributed by atoms with van der Waals surface area (Å²) in [5, 5.41) is 8.18. The van der Waals surface area contributed by atoms with Gasteiger partial charge in [-0.1, -0.05) is 30.5 Å². The van der Waals surface area contributed by atoms with Gasteiger partial charge in [-0.25, -0.2) is 0 Å². The number of hydrogen-bond acceptors (Lipinski definition) is 4. The van der Waals surface area contributed by atoms with Gasteiger partial charge < -0.3 is 9.80 Å². The van der Waals surface area contributed by atoms with Crippen molar-refractivity contribution in [3.8, 4) is 0 Å². The van der Waals surface area contributed by atoms with Gasteiger partial charge in [-0.3, -0.25) is 9.48 Å². The molecule has 9 heteroatoms. The Bertz CT molecular complexity index is 868. The molecule has 1 aliphatic heterocycles. The maximum Gasteiger partial charge on any atom is 0.416 e. The molecule has 0 radical (unpaired) electrons. The van der Waals surface area contributed by atoms with Gasteiger partial charge in [0, 0.05) is 38.4 Å². The minimum atomic E-state index is -4.36. The van der Waals surface area contributed by atoms with Crippen LogP contribution in [0.1, 0.15) is 48.2 Å². The summed E-state index contributed by atoms with van der Waals surface area (Å²) in [6, 6.07) is 5.32. The average molecular weight is 421 g/mol. The fraction of sp³-hybridized carbons (Fsp3) is 0.571. The molecule has 0 spiro atoms. The summed E-state index contributed by atoms with van der Waals surface area (Å²) >= 11 is 0. The Labute approximate surface area is 173 Å². The van der Waals surface area contributed by atoms with E-state index in [1.165, 1.54) is 38.2 Å². The first-order valence-electron chi connectivity index (χ1n) is 10.5. The lowest BCUT2D eigenvalue weighted by Crippen LogP contribution is -2.49. The monoisotopic (exact) mass is 421 g/mol. The van der Waals surface area contributed by atoms with Gasteiger partial charge in [0.2, 0.25) is 0 Å². The van der Waals surface area contributed by atoms with E-state index in [-0.39, 0.29) is 5.91 Å². The van der Waals surface area contributed by atoms with Crippen molar-refractivity contribution in [3.05, 3.63) is 41.7 Å². The number of amides is 1. The number of alkyl halides is 3. The summed E-state index contributed by atoms with van der Waals surface area (Å²) in [5.74, 6) is 0.424. The molecule has 0 bridgehead atoms. The second-order valence-corrected chi connectivity index (χ2v) is 8.16. The molecule has 2 aliphatic rings. The number of rotatable bonds is 4. The number of halogens is 3. The Morgan fingerprint density at radius 1 is 1.07 bits per heavy atom. The highest BCUT2D eigenvalue weighted by atomic mass is 19.4. The van der Waals surface area contributed by atoms with Gasteiger partial charge in [-0.05, 0) is 37.0 Å². The smallest absolute Gasteiger partial charge is 0.368 e. The van der Waals surface area contributed by atoms with E-state index in [4.69, 9.17) is 0 Å². The van der Waals surface area contributed by atoms with Crippen LogP contribution in [0.15, 0.2) is 30.5 Å². The summed E-state index contributed by atoms with van der Waals surface area (Å²) in [7, 11) is 0. The van der Waals surface area contributed by atoms with E-state index in [2.05, 4.69) is 10.3 Å². The second kappa shape index (κ2) is 8.65. The molecule has 1 saturated heterocycles. The van der Waals surface area contributed by atoms with E-state index in [0.29, 0.717) is 43.5 Å². The molecule has 0 unspecified atom stereocenters. The number of carbonyl (C=O) groups is 1. The first-order valence-corrected chi connectivity index (χ1v) is 10.5. The third-order valence-corrected chi connectivity index (χ3v) is 6.03. The lowest BCUT2D eigenvalue weighted by molar-refractivity contribution is -0.137. The van der Waals surface area contributed by atoms with Crippen molar-refractivity contribution in [2.24, 2.45) is 5.92 Å². The highest BCUT2D eigenvalue weighted by Crippen LogP contribution is 2.32. The topological polar surface area (TPSA) is 54.3 Å².